The number of hydrogen-bond donors (Lipinski definition) is 1. The number of anilines is 1. The zero-order chi connectivity index (χ0) is 10.7. The molecule has 0 unspecified atom stereocenters. The Hall–Kier alpha value is -1.07. The molecule has 5 heteroatoms. The molecule has 1 aliphatic heterocycles. The van der Waals surface area contributed by atoms with Gasteiger partial charge >= 0.3 is 0 Å². The largest absolute Gasteiger partial charge is 0.396 e. The van der Waals surface area contributed by atoms with Crippen molar-refractivity contribution in [3.63, 3.8) is 0 Å². The first-order valence-electron chi connectivity index (χ1n) is 5.43. The second kappa shape index (κ2) is 4.63. The zero-order valence-electron chi connectivity index (χ0n) is 9.26. The fourth-order valence-electron chi connectivity index (χ4n) is 1.82. The van der Waals surface area contributed by atoms with Crippen LogP contribution in [-0.2, 0) is 6.54 Å². The van der Waals surface area contributed by atoms with Crippen LogP contribution in [0.4, 0.5) is 5.69 Å². The quantitative estimate of drug-likeness (QED) is 0.743. The van der Waals surface area contributed by atoms with Gasteiger partial charge in [0.25, 0.3) is 0 Å². The molecule has 1 fully saturated rings. The van der Waals surface area contributed by atoms with Crippen LogP contribution in [0.15, 0.2) is 12.4 Å². The highest BCUT2D eigenvalue weighted by Gasteiger charge is 2.12. The predicted octanol–water partition coefficient (Wildman–Crippen LogP) is -0.287. The minimum absolute atomic E-state index is 0.744. The lowest BCUT2D eigenvalue weighted by Gasteiger charge is -2.32. The number of hydrogen-bond acceptors (Lipinski definition) is 4. The zero-order valence-corrected chi connectivity index (χ0v) is 9.26. The summed E-state index contributed by atoms with van der Waals surface area (Å²) >= 11 is 0. The van der Waals surface area contributed by atoms with Gasteiger partial charge < -0.3 is 10.6 Å². The van der Waals surface area contributed by atoms with Crippen molar-refractivity contribution in [2.45, 2.75) is 6.54 Å². The second-order valence-corrected chi connectivity index (χ2v) is 4.18. The summed E-state index contributed by atoms with van der Waals surface area (Å²) in [5.41, 5.74) is 6.35. The SMILES string of the molecule is CN1CCN(CCn2cc(N)cn2)CC1. The molecule has 0 bridgehead atoms. The number of aromatic nitrogens is 2. The van der Waals surface area contributed by atoms with E-state index in [1.165, 1.54) is 13.1 Å². The topological polar surface area (TPSA) is 50.3 Å². The summed E-state index contributed by atoms with van der Waals surface area (Å²) in [7, 11) is 2.17. The molecule has 1 aromatic heterocycles. The molecule has 5 nitrogen and oxygen atoms in total. The molecule has 0 aromatic carbocycles. The van der Waals surface area contributed by atoms with Gasteiger partial charge in [0.2, 0.25) is 0 Å². The number of likely N-dealkylation sites (N-methyl/N-ethyl adjacent to an activating group) is 1. The van der Waals surface area contributed by atoms with Crippen molar-refractivity contribution in [3.05, 3.63) is 12.4 Å². The van der Waals surface area contributed by atoms with Crippen molar-refractivity contribution in [1.82, 2.24) is 19.6 Å². The summed E-state index contributed by atoms with van der Waals surface area (Å²) in [6.45, 7) is 6.65. The number of nitrogen functional groups attached to an aromatic ring is 1. The van der Waals surface area contributed by atoms with Gasteiger partial charge in [-0.1, -0.05) is 0 Å². The lowest BCUT2D eigenvalue weighted by atomic mass is 10.3. The Morgan fingerprint density at radius 3 is 2.60 bits per heavy atom. The number of piperazine rings is 1. The molecular formula is C10H19N5. The van der Waals surface area contributed by atoms with Crippen molar-refractivity contribution in [3.8, 4) is 0 Å². The van der Waals surface area contributed by atoms with E-state index < -0.39 is 0 Å². The maximum absolute atomic E-state index is 5.60. The van der Waals surface area contributed by atoms with Gasteiger partial charge in [0.15, 0.2) is 0 Å². The van der Waals surface area contributed by atoms with Gasteiger partial charge in [-0.3, -0.25) is 9.58 Å². The van der Waals surface area contributed by atoms with Crippen LogP contribution in [0.2, 0.25) is 0 Å². The third-order valence-corrected chi connectivity index (χ3v) is 2.89. The van der Waals surface area contributed by atoms with Crippen molar-refractivity contribution >= 4 is 5.69 Å². The maximum atomic E-state index is 5.60. The van der Waals surface area contributed by atoms with Gasteiger partial charge in [-0.05, 0) is 7.05 Å². The Morgan fingerprint density at radius 1 is 1.27 bits per heavy atom. The molecule has 2 heterocycles. The number of rotatable bonds is 3. The third-order valence-electron chi connectivity index (χ3n) is 2.89. The van der Waals surface area contributed by atoms with E-state index in [1.807, 2.05) is 10.9 Å². The summed E-state index contributed by atoms with van der Waals surface area (Å²) in [5.74, 6) is 0. The highest BCUT2D eigenvalue weighted by molar-refractivity contribution is 5.30. The van der Waals surface area contributed by atoms with E-state index in [2.05, 4.69) is 21.9 Å². The average molecular weight is 209 g/mol. The first-order chi connectivity index (χ1) is 7.24. The van der Waals surface area contributed by atoms with E-state index in [9.17, 15) is 0 Å². The summed E-state index contributed by atoms with van der Waals surface area (Å²) in [5, 5.41) is 4.17. The molecule has 0 radical (unpaired) electrons. The monoisotopic (exact) mass is 209 g/mol. The second-order valence-electron chi connectivity index (χ2n) is 4.18. The normalized spacial score (nSPS) is 19.5. The molecule has 0 atom stereocenters. The minimum Gasteiger partial charge on any atom is -0.396 e. The van der Waals surface area contributed by atoms with Crippen molar-refractivity contribution < 1.29 is 0 Å². The first-order valence-corrected chi connectivity index (χ1v) is 5.43. The van der Waals surface area contributed by atoms with Crippen LogP contribution >= 0.6 is 0 Å². The fourth-order valence-corrected chi connectivity index (χ4v) is 1.82. The third kappa shape index (κ3) is 2.94. The van der Waals surface area contributed by atoms with Gasteiger partial charge in [-0.15, -0.1) is 0 Å². The molecule has 0 aliphatic carbocycles. The van der Waals surface area contributed by atoms with Crippen LogP contribution in [0, 0.1) is 0 Å². The molecule has 2 N–H and O–H groups in total. The van der Waals surface area contributed by atoms with Crippen molar-refractivity contribution in [2.24, 2.45) is 0 Å². The smallest absolute Gasteiger partial charge is 0.0719 e. The van der Waals surface area contributed by atoms with Crippen molar-refractivity contribution in [1.29, 1.82) is 0 Å². The van der Waals surface area contributed by atoms with Gasteiger partial charge in [0.05, 0.1) is 18.4 Å². The van der Waals surface area contributed by atoms with Crippen LogP contribution in [0.25, 0.3) is 0 Å². The molecular weight excluding hydrogens is 190 g/mol. The summed E-state index contributed by atoms with van der Waals surface area (Å²) in [4.78, 5) is 4.83. The van der Waals surface area contributed by atoms with Crippen LogP contribution < -0.4 is 5.73 Å². The van der Waals surface area contributed by atoms with E-state index in [1.54, 1.807) is 6.20 Å². The Bertz CT molecular complexity index is 301. The summed E-state index contributed by atoms with van der Waals surface area (Å²) < 4.78 is 1.91. The van der Waals surface area contributed by atoms with Gasteiger partial charge in [-0.2, -0.15) is 5.10 Å². The van der Waals surface area contributed by atoms with Crippen LogP contribution in [0.5, 0.6) is 0 Å². The molecule has 15 heavy (non-hydrogen) atoms. The van der Waals surface area contributed by atoms with E-state index in [4.69, 9.17) is 5.73 Å². The lowest BCUT2D eigenvalue weighted by molar-refractivity contribution is 0.149. The lowest BCUT2D eigenvalue weighted by Crippen LogP contribution is -2.45. The molecule has 1 aliphatic rings. The molecule has 1 saturated heterocycles. The number of nitrogens with two attached hydrogens (primary N) is 1. The Labute approximate surface area is 90.4 Å². The van der Waals surface area contributed by atoms with Gasteiger partial charge in [-0.25, -0.2) is 0 Å². The average Bonchev–Trinajstić information content (AvgIpc) is 2.64. The minimum atomic E-state index is 0.744. The highest BCUT2D eigenvalue weighted by Crippen LogP contribution is 2.01. The van der Waals surface area contributed by atoms with Crippen molar-refractivity contribution in [2.75, 3.05) is 45.5 Å². The number of nitrogens with zero attached hydrogens (tertiary/aromatic N) is 4. The van der Waals surface area contributed by atoms with E-state index in [0.29, 0.717) is 0 Å². The molecule has 1 aromatic rings. The van der Waals surface area contributed by atoms with Crippen LogP contribution in [-0.4, -0.2) is 59.4 Å². The molecule has 84 valence electrons. The van der Waals surface area contributed by atoms with E-state index in [0.717, 1.165) is 31.9 Å². The van der Waals surface area contributed by atoms with Crippen LogP contribution in [0.3, 0.4) is 0 Å². The summed E-state index contributed by atoms with van der Waals surface area (Å²) in [6.07, 6.45) is 3.58. The van der Waals surface area contributed by atoms with E-state index >= 15 is 0 Å². The Morgan fingerprint density at radius 2 is 2.00 bits per heavy atom. The van der Waals surface area contributed by atoms with E-state index in [-0.39, 0.29) is 0 Å². The first kappa shape index (κ1) is 10.4. The standard InChI is InChI=1S/C10H19N5/c1-13-2-4-14(5-3-13)6-7-15-9-10(11)8-12-15/h8-9H,2-7,11H2,1H3. The molecule has 2 rings (SSSR count). The fraction of sp³-hybridized carbons (Fsp3) is 0.700. The summed E-state index contributed by atoms with van der Waals surface area (Å²) in [6, 6.07) is 0. The highest BCUT2D eigenvalue weighted by atomic mass is 15.3. The Kier molecular flexibility index (Phi) is 3.23. The maximum Gasteiger partial charge on any atom is 0.0719 e. The van der Waals surface area contributed by atoms with Gasteiger partial charge in [0.1, 0.15) is 0 Å². The Balaban J connectivity index is 1.74. The predicted molar refractivity (Wildman–Crippen MR) is 60.6 cm³/mol. The van der Waals surface area contributed by atoms with Crippen LogP contribution in [0.1, 0.15) is 0 Å². The molecule has 0 saturated carbocycles. The molecule has 0 spiro atoms. The van der Waals surface area contributed by atoms with Gasteiger partial charge in [0, 0.05) is 38.9 Å². The molecule has 0 amide bonds.